The van der Waals surface area contributed by atoms with Gasteiger partial charge in [0.15, 0.2) is 5.06 Å². The lowest BCUT2D eigenvalue weighted by Gasteiger charge is -1.95. The maximum absolute atomic E-state index is 9.42. The molecule has 0 spiro atoms. The van der Waals surface area contributed by atoms with E-state index >= 15 is 0 Å². The van der Waals surface area contributed by atoms with Crippen LogP contribution in [-0.4, -0.2) is 10.2 Å². The van der Waals surface area contributed by atoms with Gasteiger partial charge in [-0.1, -0.05) is 17.4 Å². The summed E-state index contributed by atoms with van der Waals surface area (Å²) in [5.74, 6) is 0. The van der Waals surface area contributed by atoms with Crippen molar-refractivity contribution in [1.82, 2.24) is 0 Å². The maximum atomic E-state index is 9.42. The van der Waals surface area contributed by atoms with E-state index in [0.717, 1.165) is 15.6 Å². The number of hydrogen-bond acceptors (Lipinski definition) is 3. The molecule has 2 N–H and O–H groups in total. The van der Waals surface area contributed by atoms with E-state index < -0.39 is 0 Å². The molecular weight excluding hydrogens is 252 g/mol. The summed E-state index contributed by atoms with van der Waals surface area (Å²) in [5.41, 5.74) is 0.853. The van der Waals surface area contributed by atoms with Gasteiger partial charge in [-0.15, -0.1) is 0 Å². The highest BCUT2D eigenvalue weighted by Crippen LogP contribution is 2.40. The number of aliphatic hydroxyl groups excluding tert-OH is 1. The van der Waals surface area contributed by atoms with E-state index in [9.17, 15) is 5.11 Å². The van der Waals surface area contributed by atoms with Crippen LogP contribution in [0.15, 0.2) is 22.7 Å². The van der Waals surface area contributed by atoms with E-state index in [1.54, 1.807) is 0 Å². The van der Waals surface area contributed by atoms with E-state index in [2.05, 4.69) is 15.9 Å². The number of aromatic hydroxyl groups is 1. The monoisotopic (exact) mass is 258 g/mol. The highest BCUT2D eigenvalue weighted by molar-refractivity contribution is 9.10. The fourth-order valence-corrected chi connectivity index (χ4v) is 2.72. The van der Waals surface area contributed by atoms with Crippen molar-refractivity contribution in [1.29, 1.82) is 0 Å². The summed E-state index contributed by atoms with van der Waals surface area (Å²) in [6.07, 6.45) is 0. The molecule has 0 amide bonds. The van der Waals surface area contributed by atoms with E-state index in [1.165, 1.54) is 11.3 Å². The van der Waals surface area contributed by atoms with Crippen molar-refractivity contribution in [2.24, 2.45) is 0 Å². The average molecular weight is 259 g/mol. The summed E-state index contributed by atoms with van der Waals surface area (Å²) in [4.78, 5) is 0. The summed E-state index contributed by atoms with van der Waals surface area (Å²) < 4.78 is 1.73. The van der Waals surface area contributed by atoms with Gasteiger partial charge in [-0.25, -0.2) is 0 Å². The van der Waals surface area contributed by atoms with E-state index in [1.807, 2.05) is 18.2 Å². The predicted octanol–water partition coefficient (Wildman–Crippen LogP) is 2.86. The fourth-order valence-electron chi connectivity index (χ4n) is 1.20. The van der Waals surface area contributed by atoms with Gasteiger partial charge in [-0.3, -0.25) is 0 Å². The Labute approximate surface area is 87.6 Å². The molecule has 0 aliphatic rings. The Morgan fingerprint density at radius 3 is 2.85 bits per heavy atom. The minimum Gasteiger partial charge on any atom is -0.499 e. The molecule has 0 atom stereocenters. The third kappa shape index (κ3) is 1.45. The normalized spacial score (nSPS) is 10.9. The predicted molar refractivity (Wildman–Crippen MR) is 57.1 cm³/mol. The van der Waals surface area contributed by atoms with Gasteiger partial charge in [0.05, 0.1) is 11.1 Å². The molecule has 0 saturated carbocycles. The van der Waals surface area contributed by atoms with Crippen LogP contribution in [0.2, 0.25) is 0 Å². The van der Waals surface area contributed by atoms with Gasteiger partial charge in [-0.2, -0.15) is 0 Å². The van der Waals surface area contributed by atoms with Crippen LogP contribution in [-0.2, 0) is 6.61 Å². The molecule has 1 aromatic carbocycles. The van der Waals surface area contributed by atoms with Crippen molar-refractivity contribution >= 4 is 37.4 Å². The summed E-state index contributed by atoms with van der Waals surface area (Å²) in [7, 11) is 0. The number of hydrogen-bond donors (Lipinski definition) is 2. The van der Waals surface area contributed by atoms with Gasteiger partial charge in [0.25, 0.3) is 0 Å². The van der Waals surface area contributed by atoms with Crippen LogP contribution in [0.25, 0.3) is 10.1 Å². The average Bonchev–Trinajstić information content (AvgIpc) is 2.43. The Kier molecular flexibility index (Phi) is 2.27. The third-order valence-corrected chi connectivity index (χ3v) is 3.90. The topological polar surface area (TPSA) is 40.5 Å². The number of thiophene rings is 1. The molecule has 2 aromatic rings. The lowest BCUT2D eigenvalue weighted by molar-refractivity contribution is 0.282. The Balaban J connectivity index is 2.75. The molecule has 0 saturated heterocycles. The summed E-state index contributed by atoms with van der Waals surface area (Å²) in [5, 5.41) is 19.6. The van der Waals surface area contributed by atoms with Gasteiger partial charge in [0, 0.05) is 10.1 Å². The summed E-state index contributed by atoms with van der Waals surface area (Å²) >= 11 is 4.62. The Hall–Kier alpha value is -0.580. The van der Waals surface area contributed by atoms with Crippen LogP contribution in [0.4, 0.5) is 0 Å². The Bertz CT molecular complexity index is 450. The van der Waals surface area contributed by atoms with Crippen molar-refractivity contribution < 1.29 is 10.2 Å². The van der Waals surface area contributed by atoms with Crippen LogP contribution < -0.4 is 0 Å². The van der Waals surface area contributed by atoms with Crippen LogP contribution in [0.5, 0.6) is 5.06 Å². The molecule has 68 valence electrons. The van der Waals surface area contributed by atoms with Crippen molar-refractivity contribution in [3.63, 3.8) is 0 Å². The number of rotatable bonds is 1. The van der Waals surface area contributed by atoms with Crippen molar-refractivity contribution in [2.75, 3.05) is 0 Å². The molecule has 2 nitrogen and oxygen atoms in total. The first-order valence-electron chi connectivity index (χ1n) is 3.73. The zero-order valence-corrected chi connectivity index (χ0v) is 9.02. The third-order valence-electron chi connectivity index (χ3n) is 1.86. The van der Waals surface area contributed by atoms with E-state index in [-0.39, 0.29) is 11.7 Å². The van der Waals surface area contributed by atoms with Crippen molar-refractivity contribution in [3.05, 3.63) is 28.2 Å². The van der Waals surface area contributed by atoms with Crippen LogP contribution in [0, 0.1) is 0 Å². The lowest BCUT2D eigenvalue weighted by Crippen LogP contribution is -1.80. The van der Waals surface area contributed by atoms with Gasteiger partial charge >= 0.3 is 0 Å². The molecule has 0 fully saturated rings. The number of fused-ring (bicyclic) bond motifs is 1. The first-order chi connectivity index (χ1) is 6.22. The minimum absolute atomic E-state index is 0.0268. The van der Waals surface area contributed by atoms with Gasteiger partial charge in [0.2, 0.25) is 0 Å². The minimum atomic E-state index is 0.0268. The molecule has 0 aliphatic carbocycles. The summed E-state index contributed by atoms with van der Waals surface area (Å²) in [6.45, 7) is 0.0268. The molecule has 4 heteroatoms. The molecular formula is C9H7BrO2S. The van der Waals surface area contributed by atoms with Crippen molar-refractivity contribution in [3.8, 4) is 5.06 Å². The molecule has 1 heterocycles. The van der Waals surface area contributed by atoms with E-state index in [4.69, 9.17) is 5.11 Å². The largest absolute Gasteiger partial charge is 0.499 e. The standard InChI is InChI=1S/C9H7BrO2S/c10-8-6-3-5(4-11)1-2-7(6)13-9(8)12/h1-3,11-12H,4H2. The number of benzene rings is 1. The number of aliphatic hydroxyl groups is 1. The van der Waals surface area contributed by atoms with Crippen LogP contribution >= 0.6 is 27.3 Å². The molecule has 0 unspecified atom stereocenters. The quantitative estimate of drug-likeness (QED) is 0.826. The second-order valence-corrected chi connectivity index (χ2v) is 4.53. The highest BCUT2D eigenvalue weighted by atomic mass is 79.9. The van der Waals surface area contributed by atoms with Gasteiger partial charge < -0.3 is 10.2 Å². The first kappa shape index (κ1) is 8.99. The van der Waals surface area contributed by atoms with Gasteiger partial charge in [0.1, 0.15) is 0 Å². The maximum Gasteiger partial charge on any atom is 0.186 e. The van der Waals surface area contributed by atoms with E-state index in [0.29, 0.717) is 4.47 Å². The highest BCUT2D eigenvalue weighted by Gasteiger charge is 2.08. The number of halogens is 1. The molecule has 1 aromatic heterocycles. The molecule has 2 rings (SSSR count). The SMILES string of the molecule is OCc1ccc2sc(O)c(Br)c2c1. The Morgan fingerprint density at radius 1 is 1.38 bits per heavy atom. The zero-order chi connectivity index (χ0) is 9.42. The molecule has 13 heavy (non-hydrogen) atoms. The lowest BCUT2D eigenvalue weighted by atomic mass is 10.2. The van der Waals surface area contributed by atoms with Crippen LogP contribution in [0.1, 0.15) is 5.56 Å². The smallest absolute Gasteiger partial charge is 0.186 e. The second kappa shape index (κ2) is 3.29. The van der Waals surface area contributed by atoms with Gasteiger partial charge in [-0.05, 0) is 33.6 Å². The van der Waals surface area contributed by atoms with Crippen LogP contribution in [0.3, 0.4) is 0 Å². The summed E-state index contributed by atoms with van der Waals surface area (Å²) in [6, 6.07) is 5.62. The second-order valence-electron chi connectivity index (χ2n) is 2.71. The van der Waals surface area contributed by atoms with Crippen molar-refractivity contribution in [2.45, 2.75) is 6.61 Å². The molecule has 0 bridgehead atoms. The first-order valence-corrected chi connectivity index (χ1v) is 5.34. The molecule has 0 radical (unpaired) electrons. The molecule has 0 aliphatic heterocycles. The zero-order valence-electron chi connectivity index (χ0n) is 6.62. The fraction of sp³-hybridized carbons (Fsp3) is 0.111. The Morgan fingerprint density at radius 2 is 2.15 bits per heavy atom.